The largest absolute Gasteiger partial charge is 0.330 e. The van der Waals surface area contributed by atoms with E-state index in [1.165, 1.54) is 0 Å². The second-order valence-electron chi connectivity index (χ2n) is 4.33. The molecule has 0 aromatic heterocycles. The van der Waals surface area contributed by atoms with Gasteiger partial charge in [-0.25, -0.2) is 4.79 Å². The fraction of sp³-hybridized carbons (Fsp3) is 0.214. The molecule has 0 fully saturated rings. The van der Waals surface area contributed by atoms with Crippen molar-refractivity contribution in [2.24, 2.45) is 0 Å². The topological polar surface area (TPSA) is 66.4 Å². The molecule has 0 aliphatic carbocycles. The van der Waals surface area contributed by atoms with E-state index in [0.717, 1.165) is 0 Å². The second kappa shape index (κ2) is 5.89. The molecule has 1 amide bonds. The zero-order chi connectivity index (χ0) is 14.6. The molecular formula is C14H17NO3S. The van der Waals surface area contributed by atoms with Crippen molar-refractivity contribution in [2.45, 2.75) is 25.7 Å². The smallest absolute Gasteiger partial charge is 0.250 e. The third-order valence-corrected chi connectivity index (χ3v) is 4.93. The quantitative estimate of drug-likeness (QED) is 0.660. The van der Waals surface area contributed by atoms with E-state index in [9.17, 15) is 14.1 Å². The lowest BCUT2D eigenvalue weighted by Crippen LogP contribution is -2.11. The van der Waals surface area contributed by atoms with Gasteiger partial charge in [-0.15, -0.1) is 0 Å². The number of hydrogen-bond donors (Lipinski definition) is 2. The van der Waals surface area contributed by atoms with Gasteiger partial charge in [0.15, 0.2) is 5.23 Å². The molecule has 5 heteroatoms. The van der Waals surface area contributed by atoms with Gasteiger partial charge >= 0.3 is 0 Å². The highest BCUT2D eigenvalue weighted by atomic mass is 32.2. The van der Waals surface area contributed by atoms with Gasteiger partial charge in [-0.1, -0.05) is 6.58 Å². The minimum absolute atomic E-state index is 0.268. The van der Waals surface area contributed by atoms with Gasteiger partial charge in [-0.2, -0.15) is 0 Å². The van der Waals surface area contributed by atoms with Gasteiger partial charge in [-0.05, 0) is 49.9 Å². The van der Waals surface area contributed by atoms with Gasteiger partial charge in [0.05, 0.1) is 0 Å². The molecule has 102 valence electrons. The van der Waals surface area contributed by atoms with Crippen molar-refractivity contribution >= 4 is 31.2 Å². The van der Waals surface area contributed by atoms with Crippen LogP contribution < -0.4 is 5.32 Å². The van der Waals surface area contributed by atoms with E-state index in [1.807, 2.05) is 0 Å². The van der Waals surface area contributed by atoms with Crippen LogP contribution in [-0.2, 0) is 9.59 Å². The van der Waals surface area contributed by atoms with E-state index in [2.05, 4.69) is 11.9 Å². The lowest BCUT2D eigenvalue weighted by molar-refractivity contribution is -0.112. The standard InChI is InChI=1S/C14H17NO3S/c1-10(2)14(17)15-12-5-7-13(8-6-12)19(18,9-16)11(3)4/h5-8,18H,1H2,2-4H3,(H,15,17). The first-order chi connectivity index (χ1) is 8.81. The van der Waals surface area contributed by atoms with Crippen molar-refractivity contribution in [3.8, 4) is 0 Å². The molecule has 1 rings (SSSR count). The molecule has 1 aromatic rings. The number of nitrogens with one attached hydrogen (secondary N) is 1. The summed E-state index contributed by atoms with van der Waals surface area (Å²) >= 11 is 0. The van der Waals surface area contributed by atoms with Gasteiger partial charge in [0.2, 0.25) is 0 Å². The van der Waals surface area contributed by atoms with Crippen LogP contribution in [0.25, 0.3) is 0 Å². The highest BCUT2D eigenvalue weighted by molar-refractivity contribution is 8.25. The molecule has 1 aromatic carbocycles. The Labute approximate surface area is 113 Å². The van der Waals surface area contributed by atoms with E-state index in [0.29, 0.717) is 21.0 Å². The number of anilines is 1. The Balaban J connectivity index is 3.15. The minimum Gasteiger partial charge on any atom is -0.330 e. The average molecular weight is 279 g/mol. The number of rotatable bonds is 3. The molecule has 4 nitrogen and oxygen atoms in total. The van der Waals surface area contributed by atoms with Crippen LogP contribution in [0, 0.1) is 0 Å². The van der Waals surface area contributed by atoms with Crippen LogP contribution in [0.1, 0.15) is 20.8 Å². The molecule has 0 spiro atoms. The Bertz CT molecular complexity index is 654. The normalized spacial score (nSPS) is 13.1. The monoisotopic (exact) mass is 279 g/mol. The first-order valence-electron chi connectivity index (χ1n) is 5.63. The molecule has 0 aliphatic rings. The van der Waals surface area contributed by atoms with Crippen molar-refractivity contribution in [2.75, 3.05) is 5.32 Å². The molecule has 1 atom stereocenters. The van der Waals surface area contributed by atoms with E-state index < -0.39 is 9.49 Å². The second-order valence-corrected chi connectivity index (χ2v) is 6.95. The predicted molar refractivity (Wildman–Crippen MR) is 80.4 cm³/mol. The third kappa shape index (κ3) is 3.35. The number of amides is 1. The molecule has 0 heterocycles. The van der Waals surface area contributed by atoms with E-state index in [4.69, 9.17) is 0 Å². The van der Waals surface area contributed by atoms with Gasteiger partial charge in [0.25, 0.3) is 5.91 Å². The lowest BCUT2D eigenvalue weighted by atomic mass is 10.3. The Morgan fingerprint density at radius 3 is 2.16 bits per heavy atom. The number of carbonyl (C=O) groups is 1. The average Bonchev–Trinajstić information content (AvgIpc) is 2.38. The summed E-state index contributed by atoms with van der Waals surface area (Å²) in [6.07, 6.45) is 0. The van der Waals surface area contributed by atoms with Crippen molar-refractivity contribution in [1.82, 2.24) is 0 Å². The predicted octanol–water partition coefficient (Wildman–Crippen LogP) is 3.12. The number of benzene rings is 1. The summed E-state index contributed by atoms with van der Waals surface area (Å²) in [4.78, 5) is 23.5. The summed E-state index contributed by atoms with van der Waals surface area (Å²) in [5.74, 6) is -0.268. The fourth-order valence-electron chi connectivity index (χ4n) is 1.34. The minimum atomic E-state index is -2.65. The molecule has 0 aliphatic heterocycles. The zero-order valence-electron chi connectivity index (χ0n) is 11.2. The third-order valence-electron chi connectivity index (χ3n) is 2.55. The van der Waals surface area contributed by atoms with Crippen molar-refractivity contribution < 1.29 is 14.1 Å². The van der Waals surface area contributed by atoms with Crippen LogP contribution in [0.15, 0.2) is 41.3 Å². The van der Waals surface area contributed by atoms with Crippen LogP contribution in [0.2, 0.25) is 0 Å². The SMILES string of the molecule is C=C(C)C(=O)Nc1ccc(S(O)(=C=O)=C(C)C)cc1. The Morgan fingerprint density at radius 1 is 1.26 bits per heavy atom. The fourth-order valence-corrected chi connectivity index (χ4v) is 2.60. The molecular weight excluding hydrogens is 262 g/mol. The first kappa shape index (κ1) is 15.2. The van der Waals surface area contributed by atoms with Gasteiger partial charge in [-0.3, -0.25) is 4.79 Å². The Morgan fingerprint density at radius 2 is 1.79 bits per heavy atom. The van der Waals surface area contributed by atoms with E-state index >= 15 is 0 Å². The maximum atomic E-state index is 11.4. The van der Waals surface area contributed by atoms with Gasteiger partial charge in [0, 0.05) is 25.6 Å². The number of carbonyl (C=O) groups excluding carboxylic acids is 2. The highest BCUT2D eigenvalue weighted by Crippen LogP contribution is 2.32. The van der Waals surface area contributed by atoms with Gasteiger partial charge < -0.3 is 9.87 Å². The maximum Gasteiger partial charge on any atom is 0.250 e. The summed E-state index contributed by atoms with van der Waals surface area (Å²) in [6, 6.07) is 6.49. The molecule has 1 unspecified atom stereocenters. The van der Waals surface area contributed by atoms with E-state index in [1.54, 1.807) is 50.3 Å². The van der Waals surface area contributed by atoms with Crippen molar-refractivity contribution in [1.29, 1.82) is 0 Å². The maximum absolute atomic E-state index is 11.4. The summed E-state index contributed by atoms with van der Waals surface area (Å²) in [5.41, 5.74) is 0.989. The Hall–Kier alpha value is -1.81. The van der Waals surface area contributed by atoms with Crippen LogP contribution in [-0.4, -0.2) is 20.6 Å². The zero-order valence-corrected chi connectivity index (χ0v) is 12.0. The van der Waals surface area contributed by atoms with Crippen LogP contribution >= 0.6 is 9.49 Å². The molecule has 0 bridgehead atoms. The summed E-state index contributed by atoms with van der Waals surface area (Å²) in [7, 11) is -2.65. The summed E-state index contributed by atoms with van der Waals surface area (Å²) < 4.78 is 10.3. The first-order valence-corrected chi connectivity index (χ1v) is 7.22. The molecule has 0 radical (unpaired) electrons. The Kier molecular flexibility index (Phi) is 4.72. The van der Waals surface area contributed by atoms with Crippen LogP contribution in [0.4, 0.5) is 5.69 Å². The van der Waals surface area contributed by atoms with Gasteiger partial charge in [0.1, 0.15) is 0 Å². The van der Waals surface area contributed by atoms with Crippen LogP contribution in [0.5, 0.6) is 0 Å². The highest BCUT2D eigenvalue weighted by Gasteiger charge is 2.08. The molecule has 0 saturated carbocycles. The summed E-state index contributed by atoms with van der Waals surface area (Å²) in [5, 5.41) is 4.37. The summed E-state index contributed by atoms with van der Waals surface area (Å²) in [6.45, 7) is 8.54. The molecule has 0 saturated heterocycles. The lowest BCUT2D eigenvalue weighted by Gasteiger charge is -2.11. The van der Waals surface area contributed by atoms with Crippen LogP contribution in [0.3, 0.4) is 0 Å². The van der Waals surface area contributed by atoms with E-state index in [-0.39, 0.29) is 5.91 Å². The molecule has 2 N–H and O–H groups in total. The molecule has 19 heavy (non-hydrogen) atoms. The van der Waals surface area contributed by atoms with Crippen molar-refractivity contribution in [3.63, 3.8) is 0 Å². The number of hydrogen-bond acceptors (Lipinski definition) is 3. The van der Waals surface area contributed by atoms with Crippen molar-refractivity contribution in [3.05, 3.63) is 36.4 Å².